The van der Waals surface area contributed by atoms with Crippen molar-refractivity contribution in [3.63, 3.8) is 0 Å². The van der Waals surface area contributed by atoms with E-state index in [2.05, 4.69) is 0 Å². The molecule has 0 bridgehead atoms. The van der Waals surface area contributed by atoms with E-state index < -0.39 is 10.0 Å². The molecular formula is C26H29N3O3S. The summed E-state index contributed by atoms with van der Waals surface area (Å²) in [6.45, 7) is 4.61. The Bertz CT molecular complexity index is 1230. The summed E-state index contributed by atoms with van der Waals surface area (Å²) in [6.07, 6.45) is 1.62. The Balaban J connectivity index is 1.38. The molecule has 1 saturated heterocycles. The van der Waals surface area contributed by atoms with Crippen LogP contribution in [0.15, 0.2) is 78.2 Å². The summed E-state index contributed by atoms with van der Waals surface area (Å²) in [5.41, 5.74) is 1.76. The van der Waals surface area contributed by atoms with Gasteiger partial charge in [-0.1, -0.05) is 66.7 Å². The third-order valence-electron chi connectivity index (χ3n) is 5.96. The van der Waals surface area contributed by atoms with E-state index in [1.807, 2.05) is 89.5 Å². The van der Waals surface area contributed by atoms with E-state index in [9.17, 15) is 13.2 Å². The normalized spacial score (nSPS) is 15.8. The van der Waals surface area contributed by atoms with Crippen LogP contribution in [0.4, 0.5) is 5.69 Å². The Morgan fingerprint density at radius 2 is 1.58 bits per heavy atom. The van der Waals surface area contributed by atoms with Crippen LogP contribution in [0, 0.1) is 0 Å². The lowest BCUT2D eigenvalue weighted by atomic mass is 10.1. The molecule has 0 aliphatic carbocycles. The first-order valence-electron chi connectivity index (χ1n) is 11.2. The van der Waals surface area contributed by atoms with Crippen LogP contribution in [0.1, 0.15) is 12.5 Å². The maximum Gasteiger partial charge on any atom is 0.241 e. The van der Waals surface area contributed by atoms with Gasteiger partial charge >= 0.3 is 0 Å². The second kappa shape index (κ2) is 10.3. The molecule has 3 aromatic carbocycles. The van der Waals surface area contributed by atoms with Crippen molar-refractivity contribution in [1.29, 1.82) is 0 Å². The molecule has 0 saturated carbocycles. The maximum atomic E-state index is 13.2. The molecule has 0 radical (unpaired) electrons. The molecular weight excluding hydrogens is 434 g/mol. The molecule has 7 heteroatoms. The number of likely N-dealkylation sites (N-methyl/N-ethyl adjacent to an activating group) is 1. The van der Waals surface area contributed by atoms with Gasteiger partial charge in [0, 0.05) is 43.5 Å². The van der Waals surface area contributed by atoms with Gasteiger partial charge in [0.05, 0.1) is 12.2 Å². The van der Waals surface area contributed by atoms with Crippen molar-refractivity contribution in [2.24, 2.45) is 0 Å². The van der Waals surface area contributed by atoms with Gasteiger partial charge in [0.25, 0.3) is 0 Å². The number of carbonyl (C=O) groups is 1. The fourth-order valence-corrected chi connectivity index (χ4v) is 5.33. The monoisotopic (exact) mass is 463 g/mol. The minimum atomic E-state index is -3.49. The van der Waals surface area contributed by atoms with Gasteiger partial charge in [0.2, 0.25) is 15.9 Å². The zero-order valence-corrected chi connectivity index (χ0v) is 19.6. The summed E-state index contributed by atoms with van der Waals surface area (Å²) >= 11 is 0. The summed E-state index contributed by atoms with van der Waals surface area (Å²) in [6, 6.07) is 23.4. The van der Waals surface area contributed by atoms with Gasteiger partial charge in [-0.25, -0.2) is 8.42 Å². The lowest BCUT2D eigenvalue weighted by Crippen LogP contribution is -2.51. The molecule has 0 aromatic heterocycles. The average molecular weight is 464 g/mol. The molecule has 1 aliphatic heterocycles. The number of fused-ring (bicyclic) bond motifs is 1. The van der Waals surface area contributed by atoms with Crippen molar-refractivity contribution in [2.75, 3.05) is 44.2 Å². The topological polar surface area (TPSA) is 60.9 Å². The van der Waals surface area contributed by atoms with E-state index in [0.29, 0.717) is 32.7 Å². The fourth-order valence-electron chi connectivity index (χ4n) is 4.16. The Morgan fingerprint density at radius 3 is 2.30 bits per heavy atom. The molecule has 3 aromatic rings. The van der Waals surface area contributed by atoms with Crippen LogP contribution < -0.4 is 4.90 Å². The third kappa shape index (κ3) is 5.50. The first-order chi connectivity index (χ1) is 16.0. The molecule has 33 heavy (non-hydrogen) atoms. The van der Waals surface area contributed by atoms with E-state index >= 15 is 0 Å². The first-order valence-corrected chi connectivity index (χ1v) is 12.7. The van der Waals surface area contributed by atoms with Crippen molar-refractivity contribution in [1.82, 2.24) is 9.21 Å². The molecule has 1 heterocycles. The van der Waals surface area contributed by atoms with Crippen molar-refractivity contribution in [3.05, 3.63) is 83.8 Å². The van der Waals surface area contributed by atoms with Crippen molar-refractivity contribution in [2.45, 2.75) is 6.92 Å². The van der Waals surface area contributed by atoms with Crippen molar-refractivity contribution < 1.29 is 13.2 Å². The fraction of sp³-hybridized carbons (Fsp3) is 0.269. The molecule has 6 nitrogen and oxygen atoms in total. The Morgan fingerprint density at radius 1 is 0.909 bits per heavy atom. The summed E-state index contributed by atoms with van der Waals surface area (Å²) in [4.78, 5) is 17.0. The van der Waals surface area contributed by atoms with Crippen LogP contribution >= 0.6 is 0 Å². The molecule has 0 unspecified atom stereocenters. The second-order valence-corrected chi connectivity index (χ2v) is 9.89. The third-order valence-corrected chi connectivity index (χ3v) is 7.52. The van der Waals surface area contributed by atoms with Crippen molar-refractivity contribution in [3.8, 4) is 0 Å². The largest absolute Gasteiger partial charge is 0.311 e. The quantitative estimate of drug-likeness (QED) is 0.535. The number of rotatable bonds is 7. The van der Waals surface area contributed by atoms with E-state index in [0.717, 1.165) is 22.0 Å². The number of piperazine rings is 1. The smallest absolute Gasteiger partial charge is 0.241 e. The molecule has 0 atom stereocenters. The SMILES string of the molecule is CCN(C(=O)CN1CCN(S(=O)(=O)C=Cc2ccccc2)CC1)c1cccc2ccccc12. The predicted octanol–water partition coefficient (Wildman–Crippen LogP) is 3.81. The standard InChI is InChI=1S/C26H29N3O3S/c1-2-29(25-14-8-12-23-11-6-7-13-24(23)25)26(30)21-27-16-18-28(19-17-27)33(31,32)20-15-22-9-4-3-5-10-22/h3-15,20H,2,16-19,21H2,1H3. The summed E-state index contributed by atoms with van der Waals surface area (Å²) in [5.74, 6) is 0.0223. The highest BCUT2D eigenvalue weighted by molar-refractivity contribution is 7.92. The van der Waals surface area contributed by atoms with Gasteiger partial charge in [-0.15, -0.1) is 0 Å². The van der Waals surface area contributed by atoms with E-state index in [1.165, 1.54) is 9.71 Å². The van der Waals surface area contributed by atoms with E-state index in [4.69, 9.17) is 0 Å². The highest BCUT2D eigenvalue weighted by Crippen LogP contribution is 2.27. The maximum absolute atomic E-state index is 13.2. The highest BCUT2D eigenvalue weighted by atomic mass is 32.2. The zero-order valence-electron chi connectivity index (χ0n) is 18.8. The van der Waals surface area contributed by atoms with Crippen LogP contribution in [-0.4, -0.2) is 62.8 Å². The molecule has 0 spiro atoms. The molecule has 0 N–H and O–H groups in total. The molecule has 4 rings (SSSR count). The molecule has 1 amide bonds. The Kier molecular flexibility index (Phi) is 7.23. The Labute approximate surface area is 195 Å². The van der Waals surface area contributed by atoms with Crippen LogP contribution in [0.5, 0.6) is 0 Å². The van der Waals surface area contributed by atoms with Gasteiger partial charge in [0.1, 0.15) is 0 Å². The predicted molar refractivity (Wildman–Crippen MR) is 134 cm³/mol. The van der Waals surface area contributed by atoms with Gasteiger partial charge < -0.3 is 4.90 Å². The van der Waals surface area contributed by atoms with Crippen LogP contribution in [-0.2, 0) is 14.8 Å². The number of benzene rings is 3. The molecule has 172 valence electrons. The number of carbonyl (C=O) groups excluding carboxylic acids is 1. The summed E-state index contributed by atoms with van der Waals surface area (Å²) in [5, 5.41) is 3.42. The number of amides is 1. The minimum absolute atomic E-state index is 0.0223. The average Bonchev–Trinajstić information content (AvgIpc) is 2.84. The summed E-state index contributed by atoms with van der Waals surface area (Å²) < 4.78 is 26.9. The first kappa shape index (κ1) is 23.2. The number of hydrogen-bond acceptors (Lipinski definition) is 4. The van der Waals surface area contributed by atoms with E-state index in [1.54, 1.807) is 6.08 Å². The van der Waals surface area contributed by atoms with Crippen LogP contribution in [0.25, 0.3) is 16.8 Å². The van der Waals surface area contributed by atoms with Gasteiger partial charge in [-0.05, 0) is 30.0 Å². The second-order valence-electron chi connectivity index (χ2n) is 8.07. The van der Waals surface area contributed by atoms with Gasteiger partial charge in [-0.2, -0.15) is 4.31 Å². The number of sulfonamides is 1. The van der Waals surface area contributed by atoms with Gasteiger partial charge in [0.15, 0.2) is 0 Å². The van der Waals surface area contributed by atoms with Crippen molar-refractivity contribution >= 4 is 38.5 Å². The van der Waals surface area contributed by atoms with Crippen LogP contribution in [0.2, 0.25) is 0 Å². The lowest BCUT2D eigenvalue weighted by molar-refractivity contribution is -0.119. The number of hydrogen-bond donors (Lipinski definition) is 0. The minimum Gasteiger partial charge on any atom is -0.311 e. The van der Waals surface area contributed by atoms with Crippen LogP contribution in [0.3, 0.4) is 0 Å². The summed E-state index contributed by atoms with van der Waals surface area (Å²) in [7, 11) is -3.49. The number of nitrogens with zero attached hydrogens (tertiary/aromatic N) is 3. The Hall–Kier alpha value is -3.00. The van der Waals surface area contributed by atoms with E-state index in [-0.39, 0.29) is 12.5 Å². The highest BCUT2D eigenvalue weighted by Gasteiger charge is 2.27. The van der Waals surface area contributed by atoms with Gasteiger partial charge in [-0.3, -0.25) is 9.69 Å². The zero-order chi connectivity index (χ0) is 23.3. The molecule has 1 fully saturated rings. The lowest BCUT2D eigenvalue weighted by Gasteiger charge is -2.34. The number of anilines is 1. The molecule has 1 aliphatic rings.